The second-order valence-corrected chi connectivity index (χ2v) is 4.85. The molecule has 98 valence electrons. The summed E-state index contributed by atoms with van der Waals surface area (Å²) in [6.45, 7) is 6.70. The van der Waals surface area contributed by atoms with Gasteiger partial charge in [0.25, 0.3) is 0 Å². The smallest absolute Gasteiger partial charge is 0.101 e. The molecular formula is C15H22N2O. The predicted octanol–water partition coefficient (Wildman–Crippen LogP) is 3.06. The number of hydrogen-bond acceptors (Lipinski definition) is 3. The Bertz CT molecular complexity index is 396. The Hall–Kier alpha value is -1.53. The molecule has 3 heteroatoms. The molecule has 0 spiro atoms. The number of nitriles is 1. The van der Waals surface area contributed by atoms with Crippen LogP contribution in [0, 0.1) is 17.2 Å². The summed E-state index contributed by atoms with van der Waals surface area (Å²) in [4.78, 5) is 2.06. The molecule has 0 aliphatic rings. The number of likely N-dealkylation sites (N-methyl/N-ethyl adjacent to an activating group) is 1. The first-order valence-electron chi connectivity index (χ1n) is 6.43. The molecule has 18 heavy (non-hydrogen) atoms. The number of hydrogen-bond donors (Lipinski definition) is 0. The summed E-state index contributed by atoms with van der Waals surface area (Å²) in [6.07, 6.45) is 1.10. The zero-order valence-electron chi connectivity index (χ0n) is 11.5. The Morgan fingerprint density at radius 1 is 1.28 bits per heavy atom. The van der Waals surface area contributed by atoms with Gasteiger partial charge in [-0.25, -0.2) is 0 Å². The third-order valence-electron chi connectivity index (χ3n) is 2.85. The molecule has 0 aliphatic heterocycles. The quantitative estimate of drug-likeness (QED) is 0.694. The minimum Gasteiger partial charge on any atom is -0.380 e. The van der Waals surface area contributed by atoms with E-state index < -0.39 is 0 Å². The molecule has 0 N–H and O–H groups in total. The average molecular weight is 246 g/mol. The molecule has 0 aliphatic carbocycles. The first kappa shape index (κ1) is 14.5. The van der Waals surface area contributed by atoms with Gasteiger partial charge in [0.15, 0.2) is 0 Å². The highest BCUT2D eigenvalue weighted by molar-refractivity contribution is 5.58. The van der Waals surface area contributed by atoms with Crippen molar-refractivity contribution in [3.63, 3.8) is 0 Å². The highest BCUT2D eigenvalue weighted by Crippen LogP contribution is 2.17. The molecule has 0 bridgehead atoms. The predicted molar refractivity (Wildman–Crippen MR) is 74.7 cm³/mol. The van der Waals surface area contributed by atoms with Gasteiger partial charge in [0.1, 0.15) is 6.07 Å². The van der Waals surface area contributed by atoms with E-state index in [0.29, 0.717) is 18.1 Å². The van der Waals surface area contributed by atoms with Crippen molar-refractivity contribution in [2.45, 2.75) is 20.3 Å². The van der Waals surface area contributed by atoms with Crippen LogP contribution in [-0.4, -0.2) is 26.8 Å². The standard InChI is InChI=1S/C15H22N2O/c1-13(2)8-10-18-11-9-17(3)15-7-5-4-6-14(15)12-16/h4-7,13H,8-11H2,1-3H3. The molecular weight excluding hydrogens is 224 g/mol. The number of benzene rings is 1. The molecule has 0 heterocycles. The minimum absolute atomic E-state index is 0.682. The molecule has 0 atom stereocenters. The van der Waals surface area contributed by atoms with Gasteiger partial charge < -0.3 is 9.64 Å². The summed E-state index contributed by atoms with van der Waals surface area (Å²) < 4.78 is 5.59. The van der Waals surface area contributed by atoms with Crippen molar-refractivity contribution in [1.82, 2.24) is 0 Å². The van der Waals surface area contributed by atoms with E-state index in [1.54, 1.807) is 0 Å². The van der Waals surface area contributed by atoms with Crippen LogP contribution in [0.25, 0.3) is 0 Å². The topological polar surface area (TPSA) is 36.3 Å². The lowest BCUT2D eigenvalue weighted by atomic mass is 10.1. The molecule has 0 fully saturated rings. The fourth-order valence-corrected chi connectivity index (χ4v) is 1.64. The van der Waals surface area contributed by atoms with Crippen LogP contribution in [0.2, 0.25) is 0 Å². The molecule has 1 aromatic carbocycles. The van der Waals surface area contributed by atoms with Crippen LogP contribution < -0.4 is 4.90 Å². The van der Waals surface area contributed by atoms with Gasteiger partial charge in [-0.3, -0.25) is 0 Å². The zero-order chi connectivity index (χ0) is 13.4. The summed E-state index contributed by atoms with van der Waals surface area (Å²) >= 11 is 0. The number of rotatable bonds is 7. The summed E-state index contributed by atoms with van der Waals surface area (Å²) in [7, 11) is 1.99. The molecule has 1 aromatic rings. The molecule has 0 aromatic heterocycles. The van der Waals surface area contributed by atoms with E-state index >= 15 is 0 Å². The third-order valence-corrected chi connectivity index (χ3v) is 2.85. The van der Waals surface area contributed by atoms with Crippen molar-refractivity contribution in [2.24, 2.45) is 5.92 Å². The van der Waals surface area contributed by atoms with Gasteiger partial charge in [-0.2, -0.15) is 5.26 Å². The van der Waals surface area contributed by atoms with Gasteiger partial charge in [0.2, 0.25) is 0 Å². The van der Waals surface area contributed by atoms with Gasteiger partial charge in [-0.15, -0.1) is 0 Å². The number of anilines is 1. The van der Waals surface area contributed by atoms with Crippen LogP contribution >= 0.6 is 0 Å². The van der Waals surface area contributed by atoms with E-state index in [1.807, 2.05) is 31.3 Å². The fraction of sp³-hybridized carbons (Fsp3) is 0.533. The lowest BCUT2D eigenvalue weighted by Crippen LogP contribution is -2.23. The van der Waals surface area contributed by atoms with Crippen LogP contribution in [0.5, 0.6) is 0 Å². The van der Waals surface area contributed by atoms with Gasteiger partial charge in [0.05, 0.1) is 17.9 Å². The zero-order valence-corrected chi connectivity index (χ0v) is 11.5. The Kier molecular flexibility index (Phi) is 6.24. The van der Waals surface area contributed by atoms with E-state index in [0.717, 1.165) is 25.3 Å². The van der Waals surface area contributed by atoms with E-state index in [1.165, 1.54) is 0 Å². The van der Waals surface area contributed by atoms with E-state index in [2.05, 4.69) is 24.8 Å². The normalized spacial score (nSPS) is 10.4. The lowest BCUT2D eigenvalue weighted by molar-refractivity contribution is 0.130. The van der Waals surface area contributed by atoms with Crippen molar-refractivity contribution in [1.29, 1.82) is 5.26 Å². The van der Waals surface area contributed by atoms with Gasteiger partial charge in [-0.05, 0) is 24.5 Å². The van der Waals surface area contributed by atoms with Crippen molar-refractivity contribution >= 4 is 5.69 Å². The van der Waals surface area contributed by atoms with E-state index in [-0.39, 0.29) is 0 Å². The van der Waals surface area contributed by atoms with Crippen LogP contribution in [-0.2, 0) is 4.74 Å². The molecule has 0 unspecified atom stereocenters. The van der Waals surface area contributed by atoms with Crippen LogP contribution in [0.15, 0.2) is 24.3 Å². The van der Waals surface area contributed by atoms with Crippen molar-refractivity contribution in [3.05, 3.63) is 29.8 Å². The summed E-state index contributed by atoms with van der Waals surface area (Å²) in [5.41, 5.74) is 1.68. The maximum absolute atomic E-state index is 9.03. The maximum atomic E-state index is 9.03. The monoisotopic (exact) mass is 246 g/mol. The largest absolute Gasteiger partial charge is 0.380 e. The lowest BCUT2D eigenvalue weighted by Gasteiger charge is -2.20. The Morgan fingerprint density at radius 3 is 2.67 bits per heavy atom. The van der Waals surface area contributed by atoms with Crippen LogP contribution in [0.1, 0.15) is 25.8 Å². The van der Waals surface area contributed by atoms with E-state index in [9.17, 15) is 0 Å². The molecule has 0 radical (unpaired) electrons. The van der Waals surface area contributed by atoms with Gasteiger partial charge >= 0.3 is 0 Å². The van der Waals surface area contributed by atoms with Crippen molar-refractivity contribution < 1.29 is 4.74 Å². The number of para-hydroxylation sites is 1. The molecule has 0 amide bonds. The molecule has 1 rings (SSSR count). The summed E-state index contributed by atoms with van der Waals surface area (Å²) in [5, 5.41) is 9.03. The number of nitrogens with zero attached hydrogens (tertiary/aromatic N) is 2. The Balaban J connectivity index is 2.37. The highest BCUT2D eigenvalue weighted by Gasteiger charge is 2.05. The third kappa shape index (κ3) is 4.77. The second kappa shape index (κ2) is 7.73. The highest BCUT2D eigenvalue weighted by atomic mass is 16.5. The minimum atomic E-state index is 0.682. The van der Waals surface area contributed by atoms with Crippen LogP contribution in [0.3, 0.4) is 0 Å². The van der Waals surface area contributed by atoms with E-state index in [4.69, 9.17) is 10.00 Å². The Labute approximate surface area is 110 Å². The molecule has 0 saturated heterocycles. The summed E-state index contributed by atoms with van der Waals surface area (Å²) in [5.74, 6) is 0.682. The fourth-order valence-electron chi connectivity index (χ4n) is 1.64. The second-order valence-electron chi connectivity index (χ2n) is 4.85. The SMILES string of the molecule is CC(C)CCOCCN(C)c1ccccc1C#N. The van der Waals surface area contributed by atoms with Gasteiger partial charge in [-0.1, -0.05) is 26.0 Å². The maximum Gasteiger partial charge on any atom is 0.101 e. The summed E-state index contributed by atoms with van der Waals surface area (Å²) in [6, 6.07) is 9.85. The molecule has 0 saturated carbocycles. The van der Waals surface area contributed by atoms with Crippen molar-refractivity contribution in [3.8, 4) is 6.07 Å². The number of ether oxygens (including phenoxy) is 1. The average Bonchev–Trinajstić information content (AvgIpc) is 2.37. The first-order chi connectivity index (χ1) is 8.65. The van der Waals surface area contributed by atoms with Crippen molar-refractivity contribution in [2.75, 3.05) is 31.7 Å². The van der Waals surface area contributed by atoms with Gasteiger partial charge in [0, 0.05) is 20.2 Å². The first-order valence-corrected chi connectivity index (χ1v) is 6.43. The molecule has 3 nitrogen and oxygen atoms in total. The Morgan fingerprint density at radius 2 is 2.00 bits per heavy atom. The van der Waals surface area contributed by atoms with Crippen LogP contribution in [0.4, 0.5) is 5.69 Å².